The van der Waals surface area contributed by atoms with Gasteiger partial charge in [-0.2, -0.15) is 0 Å². The highest BCUT2D eigenvalue weighted by Gasteiger charge is 2.14. The highest BCUT2D eigenvalue weighted by molar-refractivity contribution is 6.31. The van der Waals surface area contributed by atoms with Crippen molar-refractivity contribution < 1.29 is 9.13 Å². The van der Waals surface area contributed by atoms with Crippen LogP contribution in [0.1, 0.15) is 17.5 Å². The Morgan fingerprint density at radius 1 is 1.20 bits per heavy atom. The van der Waals surface area contributed by atoms with Crippen molar-refractivity contribution in [1.29, 1.82) is 0 Å². The molecule has 0 atom stereocenters. The van der Waals surface area contributed by atoms with Crippen LogP contribution in [0.5, 0.6) is 5.75 Å². The number of halogens is 2. The summed E-state index contributed by atoms with van der Waals surface area (Å²) in [5, 5.41) is 3.49. The summed E-state index contributed by atoms with van der Waals surface area (Å²) in [6.45, 7) is 1.21. The fraction of sp³-hybridized carbons (Fsp3) is 0.250. The molecule has 1 aliphatic heterocycles. The van der Waals surface area contributed by atoms with Gasteiger partial charge in [0.25, 0.3) is 0 Å². The minimum Gasteiger partial charge on any atom is -0.487 e. The van der Waals surface area contributed by atoms with E-state index in [-0.39, 0.29) is 11.6 Å². The Hall–Kier alpha value is -1.74. The van der Waals surface area contributed by atoms with Crippen LogP contribution in [-0.2, 0) is 13.0 Å². The quantitative estimate of drug-likeness (QED) is 0.904. The monoisotopic (exact) mass is 291 g/mol. The Bertz CT molecular complexity index is 630. The number of fused-ring (bicyclic) bond motifs is 1. The average molecular weight is 292 g/mol. The second-order valence-corrected chi connectivity index (χ2v) is 5.20. The number of ether oxygens (including phenoxy) is 1. The Morgan fingerprint density at radius 2 is 2.05 bits per heavy atom. The summed E-state index contributed by atoms with van der Waals surface area (Å²) in [6, 6.07) is 10.8. The van der Waals surface area contributed by atoms with Crippen LogP contribution in [0.4, 0.5) is 10.1 Å². The summed E-state index contributed by atoms with van der Waals surface area (Å²) in [5.74, 6) is 0.378. The van der Waals surface area contributed by atoms with Gasteiger partial charge in [0.2, 0.25) is 0 Å². The zero-order chi connectivity index (χ0) is 13.9. The van der Waals surface area contributed by atoms with E-state index >= 15 is 0 Å². The number of nitrogens with one attached hydrogen (secondary N) is 1. The number of hydrogen-bond acceptors (Lipinski definition) is 2. The molecule has 0 spiro atoms. The molecule has 1 heterocycles. The van der Waals surface area contributed by atoms with Crippen LogP contribution in [-0.4, -0.2) is 6.54 Å². The van der Waals surface area contributed by atoms with Gasteiger partial charge < -0.3 is 10.1 Å². The first-order chi connectivity index (χ1) is 9.75. The van der Waals surface area contributed by atoms with Gasteiger partial charge in [0.1, 0.15) is 18.2 Å². The first-order valence-electron chi connectivity index (χ1n) is 6.67. The smallest absolute Gasteiger partial charge is 0.143 e. The van der Waals surface area contributed by atoms with Gasteiger partial charge in [0, 0.05) is 12.1 Å². The van der Waals surface area contributed by atoms with Crippen LogP contribution in [0.15, 0.2) is 36.4 Å². The van der Waals surface area contributed by atoms with Crippen molar-refractivity contribution >= 4 is 17.3 Å². The molecule has 0 amide bonds. The molecule has 4 heteroatoms. The van der Waals surface area contributed by atoms with E-state index in [2.05, 4.69) is 11.4 Å². The minimum atomic E-state index is -0.416. The first-order valence-corrected chi connectivity index (χ1v) is 7.05. The normalized spacial score (nSPS) is 13.5. The largest absolute Gasteiger partial charge is 0.487 e. The van der Waals surface area contributed by atoms with Crippen molar-refractivity contribution in [2.75, 3.05) is 11.9 Å². The standard InChI is InChI=1S/C16H15ClFNO/c17-15-12(5-1-7-13(15)18)10-20-14-8-2-4-11-6-3-9-19-16(11)14/h1-2,4-5,7-8,19H,3,6,9-10H2. The van der Waals surface area contributed by atoms with Crippen LogP contribution >= 0.6 is 11.6 Å². The van der Waals surface area contributed by atoms with Crippen molar-refractivity contribution in [3.8, 4) is 5.75 Å². The molecule has 1 aliphatic rings. The summed E-state index contributed by atoms with van der Waals surface area (Å²) in [4.78, 5) is 0. The number of hydrogen-bond donors (Lipinski definition) is 1. The first kappa shape index (κ1) is 13.3. The second kappa shape index (κ2) is 5.71. The molecule has 0 unspecified atom stereocenters. The lowest BCUT2D eigenvalue weighted by Crippen LogP contribution is -2.13. The fourth-order valence-electron chi connectivity index (χ4n) is 2.41. The highest BCUT2D eigenvalue weighted by Crippen LogP contribution is 2.33. The SMILES string of the molecule is Fc1cccc(COc2cccc3c2NCCC3)c1Cl. The van der Waals surface area contributed by atoms with Crippen LogP contribution < -0.4 is 10.1 Å². The molecule has 20 heavy (non-hydrogen) atoms. The van der Waals surface area contributed by atoms with Crippen molar-refractivity contribution in [3.05, 3.63) is 58.4 Å². The summed E-state index contributed by atoms with van der Waals surface area (Å²) in [5.41, 5.74) is 2.96. The molecular weight excluding hydrogens is 277 g/mol. The zero-order valence-corrected chi connectivity index (χ0v) is 11.7. The number of anilines is 1. The third-order valence-electron chi connectivity index (χ3n) is 3.45. The van der Waals surface area contributed by atoms with Crippen LogP contribution in [0.2, 0.25) is 5.02 Å². The fourth-order valence-corrected chi connectivity index (χ4v) is 2.59. The van der Waals surface area contributed by atoms with E-state index in [0.717, 1.165) is 30.8 Å². The molecule has 0 saturated heterocycles. The van der Waals surface area contributed by atoms with Crippen LogP contribution in [0.25, 0.3) is 0 Å². The maximum absolute atomic E-state index is 13.4. The zero-order valence-electron chi connectivity index (χ0n) is 11.0. The summed E-state index contributed by atoms with van der Waals surface area (Å²) in [6.07, 6.45) is 2.19. The lowest BCUT2D eigenvalue weighted by atomic mass is 10.0. The van der Waals surface area contributed by atoms with Crippen molar-refractivity contribution in [2.24, 2.45) is 0 Å². The molecule has 2 aromatic carbocycles. The molecule has 104 valence electrons. The second-order valence-electron chi connectivity index (χ2n) is 4.82. The number of rotatable bonds is 3. The third kappa shape index (κ3) is 2.59. The summed E-state index contributed by atoms with van der Waals surface area (Å²) in [7, 11) is 0. The molecule has 0 saturated carbocycles. The van der Waals surface area contributed by atoms with Crippen molar-refractivity contribution in [2.45, 2.75) is 19.4 Å². The molecular formula is C16H15ClFNO. The van der Waals surface area contributed by atoms with Crippen LogP contribution in [0.3, 0.4) is 0 Å². The van der Waals surface area contributed by atoms with E-state index in [1.807, 2.05) is 12.1 Å². The molecule has 0 aromatic heterocycles. The number of aryl methyl sites for hydroxylation is 1. The van der Waals surface area contributed by atoms with Gasteiger partial charge in [0.15, 0.2) is 0 Å². The molecule has 0 fully saturated rings. The van der Waals surface area contributed by atoms with E-state index in [1.54, 1.807) is 12.1 Å². The van der Waals surface area contributed by atoms with Crippen molar-refractivity contribution in [1.82, 2.24) is 0 Å². The van der Waals surface area contributed by atoms with Gasteiger partial charge in [-0.15, -0.1) is 0 Å². The predicted molar refractivity (Wildman–Crippen MR) is 79.0 cm³/mol. The van der Waals surface area contributed by atoms with E-state index < -0.39 is 5.82 Å². The summed E-state index contributed by atoms with van der Waals surface area (Å²) < 4.78 is 19.2. The van der Waals surface area contributed by atoms with Crippen molar-refractivity contribution in [3.63, 3.8) is 0 Å². The maximum atomic E-state index is 13.4. The summed E-state index contributed by atoms with van der Waals surface area (Å²) >= 11 is 5.93. The topological polar surface area (TPSA) is 21.3 Å². The molecule has 1 N–H and O–H groups in total. The Kier molecular flexibility index (Phi) is 3.79. The van der Waals surface area contributed by atoms with Gasteiger partial charge in [0.05, 0.1) is 10.7 Å². The van der Waals surface area contributed by atoms with Gasteiger partial charge in [-0.25, -0.2) is 4.39 Å². The lowest BCUT2D eigenvalue weighted by Gasteiger charge is -2.21. The molecule has 0 radical (unpaired) electrons. The van der Waals surface area contributed by atoms with E-state index in [0.29, 0.717) is 5.56 Å². The van der Waals surface area contributed by atoms with E-state index in [1.165, 1.54) is 11.6 Å². The van der Waals surface area contributed by atoms with Gasteiger partial charge in [-0.3, -0.25) is 0 Å². The number of benzene rings is 2. The molecule has 2 nitrogen and oxygen atoms in total. The maximum Gasteiger partial charge on any atom is 0.143 e. The van der Waals surface area contributed by atoms with Gasteiger partial charge in [-0.1, -0.05) is 35.9 Å². The lowest BCUT2D eigenvalue weighted by molar-refractivity contribution is 0.306. The molecule has 0 aliphatic carbocycles. The van der Waals surface area contributed by atoms with E-state index in [4.69, 9.17) is 16.3 Å². The van der Waals surface area contributed by atoms with Gasteiger partial charge in [-0.05, 0) is 30.5 Å². The Morgan fingerprint density at radius 3 is 2.95 bits per heavy atom. The Balaban J connectivity index is 1.80. The average Bonchev–Trinajstić information content (AvgIpc) is 2.49. The predicted octanol–water partition coefficient (Wildman–Crippen LogP) is 4.42. The molecule has 0 bridgehead atoms. The minimum absolute atomic E-state index is 0.130. The van der Waals surface area contributed by atoms with Crippen LogP contribution in [0, 0.1) is 5.82 Å². The molecule has 3 rings (SSSR count). The van der Waals surface area contributed by atoms with E-state index in [9.17, 15) is 4.39 Å². The number of para-hydroxylation sites is 1. The highest BCUT2D eigenvalue weighted by atomic mass is 35.5. The Labute approximate surface area is 122 Å². The van der Waals surface area contributed by atoms with Gasteiger partial charge >= 0.3 is 0 Å². The third-order valence-corrected chi connectivity index (χ3v) is 3.88. The molecule has 2 aromatic rings.